The summed E-state index contributed by atoms with van der Waals surface area (Å²) in [6, 6.07) is 9.92. The van der Waals surface area contributed by atoms with Gasteiger partial charge >= 0.3 is 0 Å². The molecule has 0 unspecified atom stereocenters. The lowest BCUT2D eigenvalue weighted by Gasteiger charge is -2.26. The molecular formula is C15H16N2O2. The molecule has 0 amide bonds. The zero-order chi connectivity index (χ0) is 13.1. The van der Waals surface area contributed by atoms with Gasteiger partial charge in [-0.05, 0) is 23.8 Å². The molecule has 1 saturated heterocycles. The van der Waals surface area contributed by atoms with Crippen molar-refractivity contribution in [3.63, 3.8) is 0 Å². The van der Waals surface area contributed by atoms with Crippen LogP contribution >= 0.6 is 0 Å². The van der Waals surface area contributed by atoms with E-state index in [1.807, 2.05) is 12.1 Å². The molecule has 98 valence electrons. The van der Waals surface area contributed by atoms with Crippen LogP contribution in [0.4, 0.5) is 0 Å². The van der Waals surface area contributed by atoms with Gasteiger partial charge in [0.05, 0.1) is 18.7 Å². The molecular weight excluding hydrogens is 240 g/mol. The van der Waals surface area contributed by atoms with Crippen LogP contribution in [0.15, 0.2) is 30.3 Å². The number of hydrogen-bond donors (Lipinski definition) is 0. The van der Waals surface area contributed by atoms with Crippen LogP contribution in [0.25, 0.3) is 10.9 Å². The highest BCUT2D eigenvalue weighted by molar-refractivity contribution is 5.83. The van der Waals surface area contributed by atoms with Gasteiger partial charge in [-0.25, -0.2) is 4.98 Å². The lowest BCUT2D eigenvalue weighted by Crippen LogP contribution is -2.35. The molecule has 4 heteroatoms. The van der Waals surface area contributed by atoms with E-state index in [1.54, 1.807) is 6.07 Å². The number of carbonyl (C=O) groups is 1. The summed E-state index contributed by atoms with van der Waals surface area (Å²) in [5.74, 6) is 0. The Labute approximate surface area is 112 Å². The predicted molar refractivity (Wildman–Crippen MR) is 73.2 cm³/mol. The number of carbonyl (C=O) groups excluding carboxylic acids is 1. The summed E-state index contributed by atoms with van der Waals surface area (Å²) in [4.78, 5) is 17.4. The Kier molecular flexibility index (Phi) is 3.53. The monoisotopic (exact) mass is 256 g/mol. The number of fused-ring (bicyclic) bond motifs is 1. The summed E-state index contributed by atoms with van der Waals surface area (Å²) in [7, 11) is 0. The van der Waals surface area contributed by atoms with Crippen LogP contribution in [0, 0.1) is 0 Å². The Bertz CT molecular complexity index is 592. The number of nitrogens with zero attached hydrogens (tertiary/aromatic N) is 2. The molecule has 0 atom stereocenters. The normalized spacial score (nSPS) is 16.6. The number of aldehydes is 1. The van der Waals surface area contributed by atoms with Gasteiger partial charge in [0.2, 0.25) is 0 Å². The smallest absolute Gasteiger partial charge is 0.168 e. The minimum atomic E-state index is 0.480. The van der Waals surface area contributed by atoms with Crippen LogP contribution in [-0.4, -0.2) is 42.5 Å². The predicted octanol–water partition coefficient (Wildman–Crippen LogP) is 1.88. The number of rotatable bonds is 3. The number of ether oxygens (including phenoxy) is 1. The zero-order valence-corrected chi connectivity index (χ0v) is 10.7. The van der Waals surface area contributed by atoms with E-state index in [9.17, 15) is 4.79 Å². The molecule has 0 spiro atoms. The first-order valence-electron chi connectivity index (χ1n) is 6.50. The largest absolute Gasteiger partial charge is 0.379 e. The number of hydrogen-bond acceptors (Lipinski definition) is 4. The van der Waals surface area contributed by atoms with Gasteiger partial charge in [0.1, 0.15) is 5.69 Å². The van der Waals surface area contributed by atoms with Crippen molar-refractivity contribution in [2.45, 2.75) is 6.54 Å². The summed E-state index contributed by atoms with van der Waals surface area (Å²) < 4.78 is 5.35. The number of pyridine rings is 1. The molecule has 0 aliphatic carbocycles. The molecule has 0 bridgehead atoms. The van der Waals surface area contributed by atoms with Gasteiger partial charge in [0.15, 0.2) is 6.29 Å². The molecule has 2 heterocycles. The summed E-state index contributed by atoms with van der Waals surface area (Å²) >= 11 is 0. The van der Waals surface area contributed by atoms with Crippen molar-refractivity contribution in [2.24, 2.45) is 0 Å². The molecule has 1 aromatic heterocycles. The molecule has 2 aromatic rings. The molecule has 4 nitrogen and oxygen atoms in total. The highest BCUT2D eigenvalue weighted by atomic mass is 16.5. The third-order valence-corrected chi connectivity index (χ3v) is 3.41. The molecule has 0 saturated carbocycles. The van der Waals surface area contributed by atoms with Crippen molar-refractivity contribution >= 4 is 17.2 Å². The SMILES string of the molecule is O=Cc1ccc2cc(CN3CCOCC3)ccc2n1. The Morgan fingerprint density at radius 1 is 1.21 bits per heavy atom. The standard InChI is InChI=1S/C15H16N2O2/c18-11-14-3-2-13-9-12(1-4-15(13)16-14)10-17-5-7-19-8-6-17/h1-4,9,11H,5-8,10H2. The van der Waals surface area contributed by atoms with Crippen molar-refractivity contribution in [2.75, 3.05) is 26.3 Å². The van der Waals surface area contributed by atoms with E-state index in [-0.39, 0.29) is 0 Å². The minimum absolute atomic E-state index is 0.480. The van der Waals surface area contributed by atoms with E-state index in [1.165, 1.54) is 5.56 Å². The maximum Gasteiger partial charge on any atom is 0.168 e. The number of benzene rings is 1. The zero-order valence-electron chi connectivity index (χ0n) is 10.7. The first-order chi connectivity index (χ1) is 9.35. The third-order valence-electron chi connectivity index (χ3n) is 3.41. The van der Waals surface area contributed by atoms with Gasteiger partial charge in [-0.1, -0.05) is 12.1 Å². The van der Waals surface area contributed by atoms with E-state index in [0.29, 0.717) is 5.69 Å². The fourth-order valence-electron chi connectivity index (χ4n) is 2.37. The fraction of sp³-hybridized carbons (Fsp3) is 0.333. The quantitative estimate of drug-likeness (QED) is 0.786. The van der Waals surface area contributed by atoms with E-state index in [0.717, 1.165) is 50.0 Å². The van der Waals surface area contributed by atoms with Crippen molar-refractivity contribution in [1.29, 1.82) is 0 Å². The van der Waals surface area contributed by atoms with E-state index < -0.39 is 0 Å². The molecule has 0 N–H and O–H groups in total. The van der Waals surface area contributed by atoms with Gasteiger partial charge in [-0.3, -0.25) is 9.69 Å². The highest BCUT2D eigenvalue weighted by Crippen LogP contribution is 2.16. The molecule has 19 heavy (non-hydrogen) atoms. The van der Waals surface area contributed by atoms with Gasteiger partial charge in [-0.15, -0.1) is 0 Å². The average Bonchev–Trinajstić information content (AvgIpc) is 2.48. The summed E-state index contributed by atoms with van der Waals surface area (Å²) in [6.45, 7) is 4.55. The lowest BCUT2D eigenvalue weighted by molar-refractivity contribution is 0.0342. The van der Waals surface area contributed by atoms with Crippen LogP contribution in [0.3, 0.4) is 0 Å². The topological polar surface area (TPSA) is 42.4 Å². The Morgan fingerprint density at radius 2 is 2.05 bits per heavy atom. The maximum absolute atomic E-state index is 10.7. The lowest BCUT2D eigenvalue weighted by atomic mass is 10.1. The molecule has 3 rings (SSSR count). The second-order valence-corrected chi connectivity index (χ2v) is 4.77. The third kappa shape index (κ3) is 2.80. The van der Waals surface area contributed by atoms with Crippen LogP contribution in [0.1, 0.15) is 16.1 Å². The van der Waals surface area contributed by atoms with Crippen LogP contribution < -0.4 is 0 Å². The summed E-state index contributed by atoms with van der Waals surface area (Å²) in [5, 5.41) is 1.08. The second-order valence-electron chi connectivity index (χ2n) is 4.77. The minimum Gasteiger partial charge on any atom is -0.379 e. The van der Waals surface area contributed by atoms with E-state index in [4.69, 9.17) is 4.74 Å². The average molecular weight is 256 g/mol. The van der Waals surface area contributed by atoms with Crippen molar-refractivity contribution in [3.05, 3.63) is 41.6 Å². The van der Waals surface area contributed by atoms with Gasteiger partial charge < -0.3 is 4.74 Å². The van der Waals surface area contributed by atoms with Crippen LogP contribution in [0.5, 0.6) is 0 Å². The molecule has 1 fully saturated rings. The summed E-state index contributed by atoms with van der Waals surface area (Å²) in [6.07, 6.45) is 0.779. The maximum atomic E-state index is 10.7. The molecule has 1 aromatic carbocycles. The van der Waals surface area contributed by atoms with Crippen LogP contribution in [0.2, 0.25) is 0 Å². The van der Waals surface area contributed by atoms with Gasteiger partial charge in [0.25, 0.3) is 0 Å². The Balaban J connectivity index is 1.82. The first-order valence-corrected chi connectivity index (χ1v) is 6.50. The van der Waals surface area contributed by atoms with Crippen molar-refractivity contribution in [3.8, 4) is 0 Å². The fourth-order valence-corrected chi connectivity index (χ4v) is 2.37. The van der Waals surface area contributed by atoms with Crippen LogP contribution in [-0.2, 0) is 11.3 Å². The molecule has 1 aliphatic heterocycles. The van der Waals surface area contributed by atoms with Crippen molar-refractivity contribution in [1.82, 2.24) is 9.88 Å². The molecule has 1 aliphatic rings. The van der Waals surface area contributed by atoms with E-state index >= 15 is 0 Å². The van der Waals surface area contributed by atoms with Gasteiger partial charge in [0, 0.05) is 25.0 Å². The van der Waals surface area contributed by atoms with Crippen molar-refractivity contribution < 1.29 is 9.53 Å². The summed E-state index contributed by atoms with van der Waals surface area (Å²) in [5.41, 5.74) is 2.62. The second kappa shape index (κ2) is 5.47. The number of morpholine rings is 1. The Hall–Kier alpha value is -1.78. The van der Waals surface area contributed by atoms with Gasteiger partial charge in [-0.2, -0.15) is 0 Å². The highest BCUT2D eigenvalue weighted by Gasteiger charge is 2.10. The Morgan fingerprint density at radius 3 is 2.84 bits per heavy atom. The molecule has 0 radical (unpaired) electrons. The number of aromatic nitrogens is 1. The van der Waals surface area contributed by atoms with E-state index in [2.05, 4.69) is 22.0 Å². The first kappa shape index (κ1) is 12.3.